The van der Waals surface area contributed by atoms with Crippen LogP contribution in [0.5, 0.6) is 0 Å². The number of nitrogens with one attached hydrogen (secondary N) is 2. The monoisotopic (exact) mass is 469 g/mol. The Morgan fingerprint density at radius 2 is 1.45 bits per heavy atom. The highest BCUT2D eigenvalue weighted by atomic mass is 32.2. The van der Waals surface area contributed by atoms with Crippen LogP contribution in [0.15, 0.2) is 83.9 Å². The SMILES string of the molecule is COC(=O)C(C(=O)OC)C(Nc1ccc(S(=O)(=O)Nc2ccccn2)cc1)c1ccccc1. The lowest BCUT2D eigenvalue weighted by Crippen LogP contribution is -2.35. The van der Waals surface area contributed by atoms with E-state index >= 15 is 0 Å². The minimum absolute atomic E-state index is 0.0208. The van der Waals surface area contributed by atoms with Crippen molar-refractivity contribution in [2.75, 3.05) is 24.3 Å². The predicted molar refractivity (Wildman–Crippen MR) is 122 cm³/mol. The molecule has 0 aliphatic heterocycles. The lowest BCUT2D eigenvalue weighted by molar-refractivity contribution is -0.159. The minimum atomic E-state index is -3.85. The van der Waals surface area contributed by atoms with Crippen molar-refractivity contribution in [3.63, 3.8) is 0 Å². The normalized spacial score (nSPS) is 12.0. The molecule has 9 nitrogen and oxygen atoms in total. The van der Waals surface area contributed by atoms with E-state index in [1.165, 1.54) is 50.7 Å². The van der Waals surface area contributed by atoms with Crippen molar-refractivity contribution in [3.05, 3.63) is 84.6 Å². The molecule has 2 aromatic carbocycles. The fourth-order valence-electron chi connectivity index (χ4n) is 3.17. The Hall–Kier alpha value is -3.92. The number of hydrogen-bond donors (Lipinski definition) is 2. The number of carbonyl (C=O) groups excluding carboxylic acids is 2. The standard InChI is InChI=1S/C23H23N3O6S/c1-31-22(27)20(23(28)32-2)21(16-8-4-3-5-9-16)25-17-11-13-18(14-12-17)33(29,30)26-19-10-6-7-15-24-19/h3-15,20-21,25H,1-2H3,(H,24,26). The zero-order chi connectivity index (χ0) is 23.8. The molecule has 0 aliphatic rings. The van der Waals surface area contributed by atoms with E-state index in [-0.39, 0.29) is 10.7 Å². The van der Waals surface area contributed by atoms with Crippen molar-refractivity contribution in [3.8, 4) is 0 Å². The van der Waals surface area contributed by atoms with Gasteiger partial charge in [-0.3, -0.25) is 14.3 Å². The van der Waals surface area contributed by atoms with Crippen LogP contribution in [0, 0.1) is 5.92 Å². The van der Waals surface area contributed by atoms with Crippen LogP contribution in [-0.4, -0.2) is 39.6 Å². The number of aromatic nitrogens is 1. The van der Waals surface area contributed by atoms with Gasteiger partial charge >= 0.3 is 11.9 Å². The minimum Gasteiger partial charge on any atom is -0.468 e. The smallest absolute Gasteiger partial charge is 0.322 e. The quantitative estimate of drug-likeness (QED) is 0.362. The number of hydrogen-bond acceptors (Lipinski definition) is 8. The summed E-state index contributed by atoms with van der Waals surface area (Å²) in [6.07, 6.45) is 1.48. The third-order valence-corrected chi connectivity index (χ3v) is 6.16. The topological polar surface area (TPSA) is 124 Å². The van der Waals surface area contributed by atoms with Crippen LogP contribution in [-0.2, 0) is 29.1 Å². The van der Waals surface area contributed by atoms with Crippen LogP contribution in [0.2, 0.25) is 0 Å². The van der Waals surface area contributed by atoms with Crippen LogP contribution in [0.25, 0.3) is 0 Å². The lowest BCUT2D eigenvalue weighted by atomic mass is 9.92. The van der Waals surface area contributed by atoms with Gasteiger partial charge in [0, 0.05) is 11.9 Å². The van der Waals surface area contributed by atoms with Gasteiger partial charge in [0.25, 0.3) is 10.0 Å². The second-order valence-corrected chi connectivity index (χ2v) is 8.58. The van der Waals surface area contributed by atoms with Gasteiger partial charge in [-0.25, -0.2) is 13.4 Å². The van der Waals surface area contributed by atoms with Crippen molar-refractivity contribution in [2.45, 2.75) is 10.9 Å². The molecule has 0 saturated heterocycles. The average molecular weight is 470 g/mol. The fraction of sp³-hybridized carbons (Fsp3) is 0.174. The van der Waals surface area contributed by atoms with Gasteiger partial charge in [-0.1, -0.05) is 36.4 Å². The van der Waals surface area contributed by atoms with Crippen molar-refractivity contribution < 1.29 is 27.5 Å². The van der Waals surface area contributed by atoms with Gasteiger partial charge in [0.2, 0.25) is 0 Å². The summed E-state index contributed by atoms with van der Waals surface area (Å²) in [5, 5.41) is 3.12. The molecule has 1 aromatic heterocycles. The van der Waals surface area contributed by atoms with E-state index in [2.05, 4.69) is 15.0 Å². The average Bonchev–Trinajstić information content (AvgIpc) is 2.84. The number of pyridine rings is 1. The molecule has 2 N–H and O–H groups in total. The Kier molecular flexibility index (Phi) is 7.62. The van der Waals surface area contributed by atoms with Gasteiger partial charge in [0.15, 0.2) is 5.92 Å². The molecular weight excluding hydrogens is 446 g/mol. The molecule has 3 rings (SSSR count). The summed E-state index contributed by atoms with van der Waals surface area (Å²) in [7, 11) is -1.47. The van der Waals surface area contributed by atoms with E-state index in [9.17, 15) is 18.0 Å². The number of sulfonamides is 1. The second kappa shape index (κ2) is 10.6. The van der Waals surface area contributed by atoms with Crippen LogP contribution < -0.4 is 10.0 Å². The summed E-state index contributed by atoms with van der Waals surface area (Å²) in [5.74, 6) is -2.61. The first-order valence-electron chi connectivity index (χ1n) is 9.87. The van der Waals surface area contributed by atoms with E-state index in [0.29, 0.717) is 11.3 Å². The molecule has 0 radical (unpaired) electrons. The third-order valence-electron chi connectivity index (χ3n) is 4.79. The van der Waals surface area contributed by atoms with Crippen molar-refractivity contribution in [2.24, 2.45) is 5.92 Å². The number of benzene rings is 2. The van der Waals surface area contributed by atoms with Crippen LogP contribution in [0.3, 0.4) is 0 Å². The van der Waals surface area contributed by atoms with Crippen LogP contribution in [0.4, 0.5) is 11.5 Å². The Labute approximate surface area is 191 Å². The first-order valence-corrected chi connectivity index (χ1v) is 11.3. The Morgan fingerprint density at radius 3 is 2.00 bits per heavy atom. The highest BCUT2D eigenvalue weighted by molar-refractivity contribution is 7.92. The first-order chi connectivity index (χ1) is 15.9. The highest BCUT2D eigenvalue weighted by Gasteiger charge is 2.38. The van der Waals surface area contributed by atoms with Crippen molar-refractivity contribution in [1.29, 1.82) is 0 Å². The molecule has 1 heterocycles. The van der Waals surface area contributed by atoms with E-state index < -0.39 is 33.9 Å². The van der Waals surface area contributed by atoms with Gasteiger partial charge in [-0.2, -0.15) is 0 Å². The number of anilines is 2. The summed E-state index contributed by atoms with van der Waals surface area (Å²) < 4.78 is 37.3. The highest BCUT2D eigenvalue weighted by Crippen LogP contribution is 2.29. The molecule has 0 saturated carbocycles. The molecular formula is C23H23N3O6S. The molecule has 1 atom stereocenters. The van der Waals surface area contributed by atoms with E-state index in [1.54, 1.807) is 42.5 Å². The predicted octanol–water partition coefficient (Wildman–Crippen LogP) is 3.00. The van der Waals surface area contributed by atoms with Crippen molar-refractivity contribution in [1.82, 2.24) is 4.98 Å². The van der Waals surface area contributed by atoms with Crippen LogP contribution >= 0.6 is 0 Å². The van der Waals surface area contributed by atoms with Crippen LogP contribution in [0.1, 0.15) is 11.6 Å². The third kappa shape index (κ3) is 5.86. The lowest BCUT2D eigenvalue weighted by Gasteiger charge is -2.26. The summed E-state index contributed by atoms with van der Waals surface area (Å²) >= 11 is 0. The number of carbonyl (C=O) groups is 2. The molecule has 3 aromatic rings. The van der Waals surface area contributed by atoms with Gasteiger partial charge in [-0.15, -0.1) is 0 Å². The maximum atomic E-state index is 12.6. The summed E-state index contributed by atoms with van der Waals surface area (Å²) in [5.41, 5.74) is 1.13. The molecule has 0 bridgehead atoms. The van der Waals surface area contributed by atoms with E-state index in [4.69, 9.17) is 9.47 Å². The maximum Gasteiger partial charge on any atom is 0.322 e. The number of esters is 2. The molecule has 0 fully saturated rings. The zero-order valence-corrected chi connectivity index (χ0v) is 18.8. The van der Waals surface area contributed by atoms with Gasteiger partial charge < -0.3 is 14.8 Å². The molecule has 0 aliphatic carbocycles. The molecule has 33 heavy (non-hydrogen) atoms. The molecule has 172 valence electrons. The number of nitrogens with zero attached hydrogens (tertiary/aromatic N) is 1. The maximum absolute atomic E-state index is 12.6. The zero-order valence-electron chi connectivity index (χ0n) is 18.0. The Balaban J connectivity index is 1.89. The summed E-state index contributed by atoms with van der Waals surface area (Å²) in [6, 6.07) is 18.8. The number of methoxy groups -OCH3 is 2. The van der Waals surface area contributed by atoms with E-state index in [1.807, 2.05) is 0 Å². The van der Waals surface area contributed by atoms with Gasteiger partial charge in [0.05, 0.1) is 25.2 Å². The molecule has 10 heteroatoms. The second-order valence-electron chi connectivity index (χ2n) is 6.90. The Morgan fingerprint density at radius 1 is 0.848 bits per heavy atom. The molecule has 0 amide bonds. The first kappa shape index (κ1) is 23.7. The van der Waals surface area contributed by atoms with Crippen molar-refractivity contribution >= 4 is 33.5 Å². The summed E-state index contributed by atoms with van der Waals surface area (Å²) in [4.78, 5) is 28.8. The molecule has 1 unspecified atom stereocenters. The molecule has 0 spiro atoms. The van der Waals surface area contributed by atoms with Gasteiger partial charge in [0.1, 0.15) is 5.82 Å². The number of rotatable bonds is 9. The largest absolute Gasteiger partial charge is 0.468 e. The number of ether oxygens (including phenoxy) is 2. The Bertz CT molecular complexity index is 1170. The van der Waals surface area contributed by atoms with Gasteiger partial charge in [-0.05, 0) is 42.0 Å². The van der Waals surface area contributed by atoms with E-state index in [0.717, 1.165) is 0 Å². The fourth-order valence-corrected chi connectivity index (χ4v) is 4.18. The summed E-state index contributed by atoms with van der Waals surface area (Å²) in [6.45, 7) is 0.